The predicted molar refractivity (Wildman–Crippen MR) is 96.9 cm³/mol. The molecule has 0 saturated carbocycles. The Morgan fingerprint density at radius 1 is 1.04 bits per heavy atom. The van der Waals surface area contributed by atoms with E-state index in [1.165, 1.54) is 13.8 Å². The summed E-state index contributed by atoms with van der Waals surface area (Å²) in [7, 11) is 0. The molecule has 0 aliphatic heterocycles. The summed E-state index contributed by atoms with van der Waals surface area (Å²) in [5.41, 5.74) is -0.621. The van der Waals surface area contributed by atoms with Gasteiger partial charge in [0.2, 0.25) is 11.8 Å². The minimum Gasteiger partial charge on any atom is -0.355 e. The minimum atomic E-state index is -1.43. The zero-order chi connectivity index (χ0) is 19.3. The number of amides is 2. The van der Waals surface area contributed by atoms with Crippen LogP contribution in [0.1, 0.15) is 19.4 Å². The van der Waals surface area contributed by atoms with E-state index in [0.717, 1.165) is 17.7 Å². The average molecular weight is 381 g/mol. The lowest BCUT2D eigenvalue weighted by Gasteiger charge is -2.23. The van der Waals surface area contributed by atoms with E-state index in [9.17, 15) is 18.4 Å². The molecule has 0 saturated heterocycles. The van der Waals surface area contributed by atoms with Gasteiger partial charge in [0.1, 0.15) is 17.0 Å². The van der Waals surface area contributed by atoms with Crippen LogP contribution in [0, 0.1) is 17.0 Å². The summed E-state index contributed by atoms with van der Waals surface area (Å²) in [6.07, 6.45) is 0.577. The number of hydrogen-bond acceptors (Lipinski definition) is 2. The van der Waals surface area contributed by atoms with E-state index in [-0.39, 0.29) is 5.69 Å². The summed E-state index contributed by atoms with van der Waals surface area (Å²) in [6, 6.07) is 10.0. The molecule has 0 radical (unpaired) electrons. The lowest BCUT2D eigenvalue weighted by molar-refractivity contribution is -0.138. The van der Waals surface area contributed by atoms with Crippen molar-refractivity contribution in [3.05, 3.63) is 64.7 Å². The molecule has 2 N–H and O–H groups in total. The van der Waals surface area contributed by atoms with Gasteiger partial charge in [-0.25, -0.2) is 8.78 Å². The van der Waals surface area contributed by atoms with Crippen LogP contribution in [0.2, 0.25) is 5.02 Å². The van der Waals surface area contributed by atoms with Crippen molar-refractivity contribution in [2.45, 2.75) is 20.3 Å². The van der Waals surface area contributed by atoms with Crippen LogP contribution in [0.15, 0.2) is 42.5 Å². The number of carbonyl (C=O) groups excluding carboxylic acids is 2. The summed E-state index contributed by atoms with van der Waals surface area (Å²) in [4.78, 5) is 24.7. The number of rotatable bonds is 6. The highest BCUT2D eigenvalue weighted by Crippen LogP contribution is 2.21. The quantitative estimate of drug-likeness (QED) is 0.746. The molecule has 26 heavy (non-hydrogen) atoms. The molecule has 7 heteroatoms. The van der Waals surface area contributed by atoms with Gasteiger partial charge in [-0.3, -0.25) is 9.59 Å². The monoisotopic (exact) mass is 380 g/mol. The third kappa shape index (κ3) is 5.02. The van der Waals surface area contributed by atoms with E-state index in [1.54, 1.807) is 12.1 Å². The molecule has 0 heterocycles. The fourth-order valence-electron chi connectivity index (χ4n) is 2.16. The highest BCUT2D eigenvalue weighted by Gasteiger charge is 2.36. The van der Waals surface area contributed by atoms with Crippen LogP contribution < -0.4 is 10.6 Å². The Balaban J connectivity index is 1.93. The molecule has 0 aliphatic rings. The van der Waals surface area contributed by atoms with E-state index in [4.69, 9.17) is 11.6 Å². The smallest absolute Gasteiger partial charge is 0.239 e. The number of carbonyl (C=O) groups is 2. The minimum absolute atomic E-state index is 0.182. The van der Waals surface area contributed by atoms with Crippen LogP contribution in [0.25, 0.3) is 0 Å². The van der Waals surface area contributed by atoms with Crippen molar-refractivity contribution in [3.63, 3.8) is 0 Å². The SMILES string of the molecule is CC(C)(C(=O)NCCc1ccc(Cl)cc1)C(=O)Nc1ccc(F)cc1F. The molecule has 0 bridgehead atoms. The molecule has 138 valence electrons. The molecule has 0 aliphatic carbocycles. The van der Waals surface area contributed by atoms with Crippen LogP contribution in [-0.4, -0.2) is 18.4 Å². The first-order valence-corrected chi connectivity index (χ1v) is 8.37. The second-order valence-corrected chi connectivity index (χ2v) is 6.77. The molecule has 0 unspecified atom stereocenters. The molecule has 2 aromatic rings. The fraction of sp³-hybridized carbons (Fsp3) is 0.263. The first kappa shape index (κ1) is 19.8. The zero-order valence-corrected chi connectivity index (χ0v) is 15.2. The molecule has 0 fully saturated rings. The summed E-state index contributed by atoms with van der Waals surface area (Å²) in [5, 5.41) is 5.64. The molecule has 0 atom stereocenters. The van der Waals surface area contributed by atoms with Crippen molar-refractivity contribution in [2.75, 3.05) is 11.9 Å². The number of nitrogens with one attached hydrogen (secondary N) is 2. The van der Waals surface area contributed by atoms with E-state index < -0.39 is 28.9 Å². The van der Waals surface area contributed by atoms with Crippen molar-refractivity contribution in [2.24, 2.45) is 5.41 Å². The predicted octanol–water partition coefficient (Wildman–Crippen LogP) is 3.94. The lowest BCUT2D eigenvalue weighted by atomic mass is 9.90. The molecule has 0 spiro atoms. The van der Waals surface area contributed by atoms with Gasteiger partial charge in [0, 0.05) is 17.6 Å². The van der Waals surface area contributed by atoms with Gasteiger partial charge in [0.05, 0.1) is 5.69 Å². The van der Waals surface area contributed by atoms with E-state index >= 15 is 0 Å². The van der Waals surface area contributed by atoms with Gasteiger partial charge in [0.15, 0.2) is 0 Å². The second kappa shape index (κ2) is 8.27. The standard InChI is InChI=1S/C19H19ClF2N2O2/c1-19(2,18(26)24-16-8-7-14(21)11-15(16)22)17(25)23-10-9-12-3-5-13(20)6-4-12/h3-8,11H,9-10H2,1-2H3,(H,23,25)(H,24,26). The van der Waals surface area contributed by atoms with Crippen molar-refractivity contribution >= 4 is 29.1 Å². The topological polar surface area (TPSA) is 58.2 Å². The Morgan fingerprint density at radius 3 is 2.31 bits per heavy atom. The van der Waals surface area contributed by atoms with Crippen molar-refractivity contribution in [3.8, 4) is 0 Å². The van der Waals surface area contributed by atoms with Gasteiger partial charge < -0.3 is 10.6 Å². The molecule has 2 rings (SSSR count). The maximum absolute atomic E-state index is 13.7. The molecular formula is C19H19ClF2N2O2. The van der Waals surface area contributed by atoms with Crippen LogP contribution in [0.4, 0.5) is 14.5 Å². The Hall–Kier alpha value is -2.47. The van der Waals surface area contributed by atoms with Gasteiger partial charge in [-0.15, -0.1) is 0 Å². The Labute approximate surface area is 155 Å². The first-order valence-electron chi connectivity index (χ1n) is 7.99. The fourth-order valence-corrected chi connectivity index (χ4v) is 2.29. The van der Waals surface area contributed by atoms with Crippen LogP contribution in [0.3, 0.4) is 0 Å². The van der Waals surface area contributed by atoms with Gasteiger partial charge in [0.25, 0.3) is 0 Å². The first-order chi connectivity index (χ1) is 12.2. The molecule has 0 aromatic heterocycles. The second-order valence-electron chi connectivity index (χ2n) is 6.34. The normalized spacial score (nSPS) is 11.1. The van der Waals surface area contributed by atoms with Gasteiger partial charge in [-0.05, 0) is 50.1 Å². The van der Waals surface area contributed by atoms with Crippen molar-refractivity contribution < 1.29 is 18.4 Å². The lowest BCUT2D eigenvalue weighted by Crippen LogP contribution is -2.45. The third-order valence-electron chi connectivity index (χ3n) is 3.93. The van der Waals surface area contributed by atoms with Crippen molar-refractivity contribution in [1.82, 2.24) is 5.32 Å². The molecule has 2 aromatic carbocycles. The van der Waals surface area contributed by atoms with Crippen LogP contribution in [-0.2, 0) is 16.0 Å². The highest BCUT2D eigenvalue weighted by atomic mass is 35.5. The maximum atomic E-state index is 13.7. The summed E-state index contributed by atoms with van der Waals surface area (Å²) >= 11 is 5.82. The summed E-state index contributed by atoms with van der Waals surface area (Å²) < 4.78 is 26.6. The van der Waals surface area contributed by atoms with Gasteiger partial charge >= 0.3 is 0 Å². The number of benzene rings is 2. The number of anilines is 1. The number of hydrogen-bond donors (Lipinski definition) is 2. The van der Waals surface area contributed by atoms with Crippen molar-refractivity contribution in [1.29, 1.82) is 0 Å². The maximum Gasteiger partial charge on any atom is 0.239 e. The van der Waals surface area contributed by atoms with Gasteiger partial charge in [-0.2, -0.15) is 0 Å². The van der Waals surface area contributed by atoms with E-state index in [1.807, 2.05) is 12.1 Å². The average Bonchev–Trinajstić information content (AvgIpc) is 2.58. The Morgan fingerprint density at radius 2 is 1.69 bits per heavy atom. The molecule has 4 nitrogen and oxygen atoms in total. The Bertz CT molecular complexity index is 808. The largest absolute Gasteiger partial charge is 0.355 e. The number of halogens is 3. The molecular weight excluding hydrogens is 362 g/mol. The zero-order valence-electron chi connectivity index (χ0n) is 14.4. The Kier molecular flexibility index (Phi) is 6.32. The van der Waals surface area contributed by atoms with E-state index in [0.29, 0.717) is 24.1 Å². The molecule has 2 amide bonds. The van der Waals surface area contributed by atoms with Crippen LogP contribution in [0.5, 0.6) is 0 Å². The van der Waals surface area contributed by atoms with E-state index in [2.05, 4.69) is 10.6 Å². The van der Waals surface area contributed by atoms with Gasteiger partial charge in [-0.1, -0.05) is 23.7 Å². The highest BCUT2D eigenvalue weighted by molar-refractivity contribution is 6.30. The summed E-state index contributed by atoms with van der Waals surface area (Å²) in [5.74, 6) is -2.84. The summed E-state index contributed by atoms with van der Waals surface area (Å²) in [6.45, 7) is 3.20. The van der Waals surface area contributed by atoms with Crippen LogP contribution >= 0.6 is 11.6 Å². The third-order valence-corrected chi connectivity index (χ3v) is 4.18.